The fraction of sp³-hybridized carbons (Fsp3) is 0.429. The molecule has 0 radical (unpaired) electrons. The van der Waals surface area contributed by atoms with Gasteiger partial charge in [0.05, 0.1) is 24.8 Å². The summed E-state index contributed by atoms with van der Waals surface area (Å²) in [6.45, 7) is 4.04. The smallest absolute Gasteiger partial charge is 0.245 e. The SMILES string of the molecule is CCNC(=O)C1COCCN1c1cc(Br)cc(C#N)c1. The van der Waals surface area contributed by atoms with Crippen molar-refractivity contribution in [3.8, 4) is 6.07 Å². The van der Waals surface area contributed by atoms with Gasteiger partial charge in [-0.25, -0.2) is 0 Å². The van der Waals surface area contributed by atoms with Crippen LogP contribution in [0.2, 0.25) is 0 Å². The molecule has 1 unspecified atom stereocenters. The summed E-state index contributed by atoms with van der Waals surface area (Å²) in [6, 6.07) is 7.24. The van der Waals surface area contributed by atoms with Crippen molar-refractivity contribution in [2.45, 2.75) is 13.0 Å². The van der Waals surface area contributed by atoms with Crippen LogP contribution in [-0.2, 0) is 9.53 Å². The Hall–Kier alpha value is -1.58. The minimum Gasteiger partial charge on any atom is -0.377 e. The van der Waals surface area contributed by atoms with E-state index < -0.39 is 0 Å². The van der Waals surface area contributed by atoms with Gasteiger partial charge in [0.15, 0.2) is 0 Å². The van der Waals surface area contributed by atoms with Crippen LogP contribution in [0.25, 0.3) is 0 Å². The molecule has 1 saturated heterocycles. The predicted octanol–water partition coefficient (Wildman–Crippen LogP) is 1.66. The third kappa shape index (κ3) is 3.30. The number of morpholine rings is 1. The zero-order valence-corrected chi connectivity index (χ0v) is 12.8. The van der Waals surface area contributed by atoms with Crippen LogP contribution in [0.4, 0.5) is 5.69 Å². The first-order chi connectivity index (χ1) is 9.65. The predicted molar refractivity (Wildman–Crippen MR) is 79.5 cm³/mol. The van der Waals surface area contributed by atoms with Gasteiger partial charge >= 0.3 is 0 Å². The van der Waals surface area contributed by atoms with E-state index in [2.05, 4.69) is 27.3 Å². The first-order valence-electron chi connectivity index (χ1n) is 6.48. The zero-order chi connectivity index (χ0) is 14.5. The van der Waals surface area contributed by atoms with E-state index in [9.17, 15) is 4.79 Å². The minimum absolute atomic E-state index is 0.0503. The van der Waals surface area contributed by atoms with Crippen LogP contribution in [0.1, 0.15) is 12.5 Å². The molecule has 0 aromatic heterocycles. The monoisotopic (exact) mass is 337 g/mol. The maximum absolute atomic E-state index is 12.1. The number of rotatable bonds is 3. The van der Waals surface area contributed by atoms with Gasteiger partial charge < -0.3 is 15.0 Å². The summed E-state index contributed by atoms with van der Waals surface area (Å²) in [5.74, 6) is -0.0503. The molecular weight excluding hydrogens is 322 g/mol. The van der Waals surface area contributed by atoms with Gasteiger partial charge in [-0.15, -0.1) is 0 Å². The molecule has 1 fully saturated rings. The molecule has 0 spiro atoms. The standard InChI is InChI=1S/C14H16BrN3O2/c1-2-17-14(19)13-9-20-4-3-18(13)12-6-10(8-16)5-11(15)7-12/h5-7,13H,2-4,9H2,1H3,(H,17,19). The summed E-state index contributed by atoms with van der Waals surface area (Å²) >= 11 is 3.40. The van der Waals surface area contributed by atoms with Gasteiger partial charge in [-0.2, -0.15) is 5.26 Å². The van der Waals surface area contributed by atoms with Gasteiger partial charge in [0.1, 0.15) is 6.04 Å². The van der Waals surface area contributed by atoms with E-state index in [1.807, 2.05) is 17.9 Å². The summed E-state index contributed by atoms with van der Waals surface area (Å²) in [7, 11) is 0. The molecule has 0 bridgehead atoms. The van der Waals surface area contributed by atoms with Crippen LogP contribution in [0, 0.1) is 11.3 Å². The van der Waals surface area contributed by atoms with Crippen molar-refractivity contribution in [3.63, 3.8) is 0 Å². The van der Waals surface area contributed by atoms with Crippen LogP contribution in [0.5, 0.6) is 0 Å². The van der Waals surface area contributed by atoms with Crippen LogP contribution in [0.15, 0.2) is 22.7 Å². The zero-order valence-electron chi connectivity index (χ0n) is 11.2. The van der Waals surface area contributed by atoms with Gasteiger partial charge in [-0.3, -0.25) is 4.79 Å². The lowest BCUT2D eigenvalue weighted by molar-refractivity contribution is -0.124. The van der Waals surface area contributed by atoms with Crippen LogP contribution >= 0.6 is 15.9 Å². The van der Waals surface area contributed by atoms with Crippen LogP contribution in [-0.4, -0.2) is 38.3 Å². The summed E-state index contributed by atoms with van der Waals surface area (Å²) in [6.07, 6.45) is 0. The van der Waals surface area contributed by atoms with Crippen molar-refractivity contribution in [1.82, 2.24) is 5.32 Å². The Balaban J connectivity index is 2.30. The van der Waals surface area contributed by atoms with E-state index in [4.69, 9.17) is 10.00 Å². The number of amides is 1. The number of hydrogen-bond donors (Lipinski definition) is 1. The number of nitrogens with one attached hydrogen (secondary N) is 1. The number of carbonyl (C=O) groups excluding carboxylic acids is 1. The molecule has 20 heavy (non-hydrogen) atoms. The first kappa shape index (κ1) is 14.8. The highest BCUT2D eigenvalue weighted by Gasteiger charge is 2.29. The van der Waals surface area contributed by atoms with E-state index in [0.717, 1.165) is 10.2 Å². The van der Waals surface area contributed by atoms with Crippen molar-refractivity contribution in [2.24, 2.45) is 0 Å². The largest absolute Gasteiger partial charge is 0.377 e. The lowest BCUT2D eigenvalue weighted by Gasteiger charge is -2.36. The van der Waals surface area contributed by atoms with E-state index in [1.165, 1.54) is 0 Å². The number of nitrogens with zero attached hydrogens (tertiary/aromatic N) is 2. The number of likely N-dealkylation sites (N-methyl/N-ethyl adjacent to an activating group) is 1. The molecule has 0 aliphatic carbocycles. The Morgan fingerprint density at radius 2 is 2.40 bits per heavy atom. The maximum Gasteiger partial charge on any atom is 0.245 e. The van der Waals surface area contributed by atoms with Gasteiger partial charge in [-0.1, -0.05) is 15.9 Å². The molecule has 1 aliphatic heterocycles. The quantitative estimate of drug-likeness (QED) is 0.910. The highest BCUT2D eigenvalue weighted by molar-refractivity contribution is 9.10. The molecule has 1 aromatic rings. The maximum atomic E-state index is 12.1. The van der Waals surface area contributed by atoms with Gasteiger partial charge in [0.2, 0.25) is 5.91 Å². The second-order valence-electron chi connectivity index (χ2n) is 4.49. The molecule has 2 rings (SSSR count). The number of ether oxygens (including phenoxy) is 1. The fourth-order valence-electron chi connectivity index (χ4n) is 2.23. The summed E-state index contributed by atoms with van der Waals surface area (Å²) in [4.78, 5) is 14.1. The highest BCUT2D eigenvalue weighted by Crippen LogP contribution is 2.25. The average Bonchev–Trinajstić information content (AvgIpc) is 2.46. The van der Waals surface area contributed by atoms with E-state index in [-0.39, 0.29) is 11.9 Å². The molecular formula is C14H16BrN3O2. The summed E-state index contributed by atoms with van der Waals surface area (Å²) in [5, 5.41) is 11.9. The lowest BCUT2D eigenvalue weighted by Crippen LogP contribution is -2.54. The normalized spacial score (nSPS) is 18.4. The topological polar surface area (TPSA) is 65.4 Å². The van der Waals surface area contributed by atoms with E-state index >= 15 is 0 Å². The Labute approximate surface area is 126 Å². The third-order valence-electron chi connectivity index (χ3n) is 3.13. The molecule has 1 N–H and O–H groups in total. The van der Waals surface area contributed by atoms with Crippen LogP contribution in [0.3, 0.4) is 0 Å². The Morgan fingerprint density at radius 1 is 1.60 bits per heavy atom. The van der Waals surface area contributed by atoms with Crippen molar-refractivity contribution < 1.29 is 9.53 Å². The van der Waals surface area contributed by atoms with E-state index in [0.29, 0.717) is 31.9 Å². The molecule has 5 nitrogen and oxygen atoms in total. The van der Waals surface area contributed by atoms with Crippen molar-refractivity contribution in [1.29, 1.82) is 5.26 Å². The third-order valence-corrected chi connectivity index (χ3v) is 3.58. The minimum atomic E-state index is -0.357. The number of benzene rings is 1. The molecule has 1 heterocycles. The molecule has 1 amide bonds. The highest BCUT2D eigenvalue weighted by atomic mass is 79.9. The van der Waals surface area contributed by atoms with Gasteiger partial charge in [-0.05, 0) is 25.1 Å². The second-order valence-corrected chi connectivity index (χ2v) is 5.40. The molecule has 6 heteroatoms. The van der Waals surface area contributed by atoms with Crippen molar-refractivity contribution in [2.75, 3.05) is 31.2 Å². The van der Waals surface area contributed by atoms with Crippen molar-refractivity contribution in [3.05, 3.63) is 28.2 Å². The second kappa shape index (κ2) is 6.73. The molecule has 0 saturated carbocycles. The number of nitriles is 1. The Kier molecular flexibility index (Phi) is 4.99. The Bertz CT molecular complexity index is 542. The van der Waals surface area contributed by atoms with Gasteiger partial charge in [0.25, 0.3) is 0 Å². The molecule has 1 aromatic carbocycles. The van der Waals surface area contributed by atoms with Crippen LogP contribution < -0.4 is 10.2 Å². The number of hydrogen-bond acceptors (Lipinski definition) is 4. The van der Waals surface area contributed by atoms with Gasteiger partial charge in [0, 0.05) is 23.2 Å². The molecule has 106 valence electrons. The number of halogens is 1. The molecule has 1 aliphatic rings. The fourth-order valence-corrected chi connectivity index (χ4v) is 2.71. The lowest BCUT2D eigenvalue weighted by atomic mass is 10.1. The number of anilines is 1. The summed E-state index contributed by atoms with van der Waals surface area (Å²) in [5.41, 5.74) is 1.42. The summed E-state index contributed by atoms with van der Waals surface area (Å²) < 4.78 is 6.24. The average molecular weight is 338 g/mol. The Morgan fingerprint density at radius 3 is 3.10 bits per heavy atom. The van der Waals surface area contributed by atoms with E-state index in [1.54, 1.807) is 12.1 Å². The van der Waals surface area contributed by atoms with Crippen molar-refractivity contribution >= 4 is 27.5 Å². The number of carbonyl (C=O) groups is 1. The first-order valence-corrected chi connectivity index (χ1v) is 7.27. The molecule has 1 atom stereocenters.